The third-order valence-electron chi connectivity index (χ3n) is 3.24. The molecule has 0 N–H and O–H groups in total. The molecule has 0 radical (unpaired) electrons. The lowest BCUT2D eigenvalue weighted by Gasteiger charge is -2.26. The summed E-state index contributed by atoms with van der Waals surface area (Å²) in [6.07, 6.45) is 9.48. The van der Waals surface area contributed by atoms with Crippen molar-refractivity contribution in [2.24, 2.45) is 17.3 Å². The number of hydrogen-bond donors (Lipinski definition) is 0. The molecule has 12 heavy (non-hydrogen) atoms. The molecule has 2 aliphatic rings. The Kier molecular flexibility index (Phi) is 1.58. The Morgan fingerprint density at radius 2 is 2.50 bits per heavy atom. The molecule has 0 aromatic carbocycles. The van der Waals surface area contributed by atoms with Crippen LogP contribution in [0.15, 0.2) is 24.8 Å². The van der Waals surface area contributed by atoms with Gasteiger partial charge in [-0.3, -0.25) is 0 Å². The minimum absolute atomic E-state index is 0.0961. The topological polar surface area (TPSA) is 23.8 Å². The molecule has 3 atom stereocenters. The first-order valence-corrected chi connectivity index (χ1v) is 4.51. The van der Waals surface area contributed by atoms with Crippen LogP contribution >= 0.6 is 0 Å². The number of nitrogens with zero attached hydrogens (tertiary/aromatic N) is 1. The van der Waals surface area contributed by atoms with Gasteiger partial charge in [0.05, 0.1) is 11.5 Å². The smallest absolute Gasteiger partial charge is 0.0699 e. The Labute approximate surface area is 73.4 Å². The zero-order chi connectivity index (χ0) is 8.60. The van der Waals surface area contributed by atoms with Crippen LogP contribution in [0.1, 0.15) is 19.3 Å². The van der Waals surface area contributed by atoms with Gasteiger partial charge in [0.1, 0.15) is 0 Å². The number of rotatable bonds is 2. The van der Waals surface area contributed by atoms with Gasteiger partial charge >= 0.3 is 0 Å². The van der Waals surface area contributed by atoms with E-state index in [1.54, 1.807) is 0 Å². The number of allylic oxidation sites excluding steroid dienone is 3. The molecule has 0 aliphatic heterocycles. The molecular formula is C11H13N. The lowest BCUT2D eigenvalue weighted by molar-refractivity contribution is 0.331. The predicted octanol–water partition coefficient (Wildman–Crippen LogP) is 2.67. The summed E-state index contributed by atoms with van der Waals surface area (Å²) in [5.41, 5.74) is -0.0961. The van der Waals surface area contributed by atoms with E-state index in [1.165, 1.54) is 6.42 Å². The Balaban J connectivity index is 2.26. The molecule has 1 nitrogen and oxygen atoms in total. The first kappa shape index (κ1) is 7.61. The average Bonchev–Trinajstić information content (AvgIpc) is 2.64. The van der Waals surface area contributed by atoms with Crippen molar-refractivity contribution in [1.82, 2.24) is 0 Å². The van der Waals surface area contributed by atoms with Crippen molar-refractivity contribution in [3.63, 3.8) is 0 Å². The number of hydrogen-bond acceptors (Lipinski definition) is 1. The van der Waals surface area contributed by atoms with Crippen LogP contribution < -0.4 is 0 Å². The van der Waals surface area contributed by atoms with Crippen molar-refractivity contribution < 1.29 is 0 Å². The van der Waals surface area contributed by atoms with Crippen LogP contribution in [0.5, 0.6) is 0 Å². The molecule has 0 saturated heterocycles. The van der Waals surface area contributed by atoms with E-state index in [1.807, 2.05) is 6.08 Å². The Bertz CT molecular complexity index is 271. The highest BCUT2D eigenvalue weighted by molar-refractivity contribution is 5.23. The summed E-state index contributed by atoms with van der Waals surface area (Å²) in [6.45, 7) is 3.73. The molecule has 0 aromatic rings. The predicted molar refractivity (Wildman–Crippen MR) is 48.2 cm³/mol. The largest absolute Gasteiger partial charge is 0.198 e. The summed E-state index contributed by atoms with van der Waals surface area (Å²) in [6, 6.07) is 2.49. The Hall–Kier alpha value is -1.03. The molecule has 1 saturated carbocycles. The summed E-state index contributed by atoms with van der Waals surface area (Å²) in [5.74, 6) is 1.18. The summed E-state index contributed by atoms with van der Waals surface area (Å²) >= 11 is 0. The number of nitriles is 1. The van der Waals surface area contributed by atoms with Gasteiger partial charge in [-0.1, -0.05) is 18.2 Å². The van der Waals surface area contributed by atoms with Gasteiger partial charge in [-0.25, -0.2) is 0 Å². The van der Waals surface area contributed by atoms with Crippen molar-refractivity contribution in [2.45, 2.75) is 19.3 Å². The maximum atomic E-state index is 9.14. The van der Waals surface area contributed by atoms with E-state index in [-0.39, 0.29) is 5.41 Å². The quantitative estimate of drug-likeness (QED) is 0.568. The van der Waals surface area contributed by atoms with Crippen LogP contribution in [0.25, 0.3) is 0 Å². The summed E-state index contributed by atoms with van der Waals surface area (Å²) in [5, 5.41) is 9.14. The van der Waals surface area contributed by atoms with Gasteiger partial charge in [0, 0.05) is 0 Å². The maximum Gasteiger partial charge on any atom is 0.0699 e. The molecule has 0 spiro atoms. The van der Waals surface area contributed by atoms with Crippen molar-refractivity contribution in [2.75, 3.05) is 0 Å². The van der Waals surface area contributed by atoms with Crippen LogP contribution in [-0.4, -0.2) is 0 Å². The number of fused-ring (bicyclic) bond motifs is 2. The maximum absolute atomic E-state index is 9.14. The standard InChI is InChI=1S/C11H13N/c1-2-5-11(8-12)7-9-3-4-10(11)6-9/h2-4,9-10H,1,5-7H2/t9-,10-,11-/m0/s1. The third kappa shape index (κ3) is 0.845. The van der Waals surface area contributed by atoms with Crippen molar-refractivity contribution >= 4 is 0 Å². The SMILES string of the molecule is C=CC[C@@]1(C#N)C[C@H]2C=C[C@H]1C2. The minimum atomic E-state index is -0.0961. The molecule has 62 valence electrons. The highest BCUT2D eigenvalue weighted by Crippen LogP contribution is 2.53. The van der Waals surface area contributed by atoms with Crippen molar-refractivity contribution in [1.29, 1.82) is 5.26 Å². The molecule has 0 aromatic heterocycles. The zero-order valence-electron chi connectivity index (χ0n) is 7.16. The van der Waals surface area contributed by atoms with Gasteiger partial charge in [0.15, 0.2) is 0 Å². The lowest BCUT2D eigenvalue weighted by atomic mass is 9.74. The normalized spacial score (nSPS) is 42.9. The minimum Gasteiger partial charge on any atom is -0.198 e. The summed E-state index contributed by atoms with van der Waals surface area (Å²) in [7, 11) is 0. The van der Waals surface area contributed by atoms with Crippen LogP contribution in [-0.2, 0) is 0 Å². The molecular weight excluding hydrogens is 146 g/mol. The summed E-state index contributed by atoms with van der Waals surface area (Å²) in [4.78, 5) is 0. The van der Waals surface area contributed by atoms with Gasteiger partial charge in [-0.15, -0.1) is 6.58 Å². The first-order valence-electron chi connectivity index (χ1n) is 4.51. The average molecular weight is 159 g/mol. The van der Waals surface area contributed by atoms with Gasteiger partial charge in [-0.05, 0) is 31.1 Å². The second-order valence-corrected chi connectivity index (χ2v) is 3.95. The van der Waals surface area contributed by atoms with Crippen LogP contribution in [0.4, 0.5) is 0 Å². The van der Waals surface area contributed by atoms with E-state index < -0.39 is 0 Å². The van der Waals surface area contributed by atoms with E-state index in [0.717, 1.165) is 12.8 Å². The van der Waals surface area contributed by atoms with E-state index >= 15 is 0 Å². The van der Waals surface area contributed by atoms with Crippen molar-refractivity contribution in [3.05, 3.63) is 24.8 Å². The fourth-order valence-electron chi connectivity index (χ4n) is 2.62. The molecule has 0 heterocycles. The first-order chi connectivity index (χ1) is 5.80. The molecule has 2 rings (SSSR count). The molecule has 2 bridgehead atoms. The van der Waals surface area contributed by atoms with E-state index in [2.05, 4.69) is 24.8 Å². The van der Waals surface area contributed by atoms with Crippen molar-refractivity contribution in [3.8, 4) is 6.07 Å². The Morgan fingerprint density at radius 1 is 1.67 bits per heavy atom. The fourth-order valence-corrected chi connectivity index (χ4v) is 2.62. The van der Waals surface area contributed by atoms with Gasteiger partial charge < -0.3 is 0 Å². The van der Waals surface area contributed by atoms with E-state index in [4.69, 9.17) is 5.26 Å². The van der Waals surface area contributed by atoms with Crippen LogP contribution in [0, 0.1) is 28.6 Å². The van der Waals surface area contributed by atoms with Crippen LogP contribution in [0.2, 0.25) is 0 Å². The molecule has 2 aliphatic carbocycles. The molecule has 0 amide bonds. The van der Waals surface area contributed by atoms with E-state index in [0.29, 0.717) is 11.8 Å². The Morgan fingerprint density at radius 3 is 2.92 bits per heavy atom. The van der Waals surface area contributed by atoms with Crippen LogP contribution in [0.3, 0.4) is 0 Å². The fraction of sp³-hybridized carbons (Fsp3) is 0.545. The summed E-state index contributed by atoms with van der Waals surface area (Å²) < 4.78 is 0. The van der Waals surface area contributed by atoms with Gasteiger partial charge in [-0.2, -0.15) is 5.26 Å². The lowest BCUT2D eigenvalue weighted by Crippen LogP contribution is -2.22. The van der Waals surface area contributed by atoms with Gasteiger partial charge in [0.25, 0.3) is 0 Å². The monoisotopic (exact) mass is 159 g/mol. The zero-order valence-corrected chi connectivity index (χ0v) is 7.16. The second kappa shape index (κ2) is 2.48. The highest BCUT2D eigenvalue weighted by atomic mass is 14.5. The second-order valence-electron chi connectivity index (χ2n) is 3.95. The third-order valence-corrected chi connectivity index (χ3v) is 3.24. The molecule has 1 fully saturated rings. The van der Waals surface area contributed by atoms with E-state index in [9.17, 15) is 0 Å². The highest BCUT2D eigenvalue weighted by Gasteiger charge is 2.47. The molecule has 1 heteroatoms. The molecule has 0 unspecified atom stereocenters. The van der Waals surface area contributed by atoms with Gasteiger partial charge in [0.2, 0.25) is 0 Å².